The van der Waals surface area contributed by atoms with E-state index < -0.39 is 0 Å². The summed E-state index contributed by atoms with van der Waals surface area (Å²) in [7, 11) is 2.08. The van der Waals surface area contributed by atoms with Gasteiger partial charge in [-0.05, 0) is 41.7 Å². The average molecular weight is 487 g/mol. The van der Waals surface area contributed by atoms with Crippen LogP contribution in [0.5, 0.6) is 0 Å². The number of nitrogens with one attached hydrogen (secondary N) is 1. The van der Waals surface area contributed by atoms with Crippen LogP contribution in [0.15, 0.2) is 115 Å². The Morgan fingerprint density at radius 3 is 2.05 bits per heavy atom. The van der Waals surface area contributed by atoms with E-state index in [9.17, 15) is 4.79 Å². The summed E-state index contributed by atoms with van der Waals surface area (Å²) in [6.07, 6.45) is 3.45. The Kier molecular flexibility index (Phi) is 7.51. The number of aryl methyl sites for hydroxylation is 2. The van der Waals surface area contributed by atoms with Crippen molar-refractivity contribution in [3.63, 3.8) is 0 Å². The lowest BCUT2D eigenvalue weighted by Gasteiger charge is -2.20. The molecule has 186 valence electrons. The van der Waals surface area contributed by atoms with Crippen molar-refractivity contribution in [1.29, 1.82) is 0 Å². The zero-order valence-electron chi connectivity index (χ0n) is 21.6. The molecular formula is C34H34N2O. The molecule has 1 heterocycles. The first-order valence-corrected chi connectivity index (χ1v) is 13.1. The van der Waals surface area contributed by atoms with E-state index in [-0.39, 0.29) is 17.7 Å². The van der Waals surface area contributed by atoms with Crippen LogP contribution in [0.4, 0.5) is 0 Å². The number of aromatic nitrogens is 1. The first kappa shape index (κ1) is 24.6. The molecule has 5 rings (SSSR count). The maximum atomic E-state index is 13.4. The topological polar surface area (TPSA) is 34.0 Å². The Balaban J connectivity index is 1.35. The predicted molar refractivity (Wildman–Crippen MR) is 153 cm³/mol. The molecule has 37 heavy (non-hydrogen) atoms. The van der Waals surface area contributed by atoms with Gasteiger partial charge in [-0.25, -0.2) is 0 Å². The molecule has 1 aromatic heterocycles. The molecule has 0 aliphatic heterocycles. The van der Waals surface area contributed by atoms with E-state index >= 15 is 0 Å². The molecule has 1 unspecified atom stereocenters. The van der Waals surface area contributed by atoms with Crippen LogP contribution in [0.2, 0.25) is 0 Å². The fourth-order valence-electron chi connectivity index (χ4n) is 5.45. The third kappa shape index (κ3) is 5.67. The van der Waals surface area contributed by atoms with Crippen molar-refractivity contribution in [2.75, 3.05) is 6.54 Å². The van der Waals surface area contributed by atoms with Gasteiger partial charge in [-0.1, -0.05) is 109 Å². The van der Waals surface area contributed by atoms with Gasteiger partial charge in [0.25, 0.3) is 0 Å². The lowest BCUT2D eigenvalue weighted by Crippen LogP contribution is -2.27. The quantitative estimate of drug-likeness (QED) is 0.232. The second kappa shape index (κ2) is 11.3. The van der Waals surface area contributed by atoms with Gasteiger partial charge in [0.2, 0.25) is 5.91 Å². The van der Waals surface area contributed by atoms with Gasteiger partial charge in [0.15, 0.2) is 0 Å². The molecule has 0 saturated carbocycles. The van der Waals surface area contributed by atoms with E-state index in [1.54, 1.807) is 0 Å². The molecule has 1 atom stereocenters. The summed E-state index contributed by atoms with van der Waals surface area (Å²) >= 11 is 0. The van der Waals surface area contributed by atoms with Gasteiger partial charge in [0.1, 0.15) is 0 Å². The monoisotopic (exact) mass is 486 g/mol. The van der Waals surface area contributed by atoms with Crippen LogP contribution >= 0.6 is 0 Å². The van der Waals surface area contributed by atoms with Crippen molar-refractivity contribution in [2.45, 2.75) is 31.6 Å². The number of nitrogens with zero attached hydrogens (tertiary/aromatic N) is 1. The number of benzene rings is 4. The fraction of sp³-hybridized carbons (Fsp3) is 0.206. The van der Waals surface area contributed by atoms with E-state index in [1.807, 2.05) is 12.1 Å². The molecule has 5 aromatic rings. The Morgan fingerprint density at radius 2 is 1.38 bits per heavy atom. The zero-order chi connectivity index (χ0) is 25.6. The van der Waals surface area contributed by atoms with Crippen LogP contribution in [-0.2, 0) is 11.8 Å². The molecule has 0 spiro atoms. The molecule has 4 aromatic carbocycles. The number of para-hydroxylation sites is 1. The summed E-state index contributed by atoms with van der Waals surface area (Å²) < 4.78 is 2.16. The molecule has 1 amide bonds. The third-order valence-corrected chi connectivity index (χ3v) is 7.30. The SMILES string of the molecule is Cc1cccc(C(CC(=O)NCCC(c2ccccc2)c2ccccc2)c2cn(C)c3ccccc23)c1. The van der Waals surface area contributed by atoms with Crippen LogP contribution in [0.25, 0.3) is 10.9 Å². The molecule has 0 bridgehead atoms. The van der Waals surface area contributed by atoms with Crippen LogP contribution < -0.4 is 5.32 Å². The standard InChI is InChI=1S/C34H34N2O/c1-25-12-11-17-28(22-25)31(32-24-36(2)33-19-10-9-18-30(32)33)23-34(37)35-21-20-29(26-13-5-3-6-14-26)27-15-7-4-8-16-27/h3-19,22,24,29,31H,20-21,23H2,1-2H3,(H,35,37). The van der Waals surface area contributed by atoms with Crippen molar-refractivity contribution >= 4 is 16.8 Å². The van der Waals surface area contributed by atoms with E-state index in [0.717, 1.165) is 6.42 Å². The number of hydrogen-bond acceptors (Lipinski definition) is 1. The Labute approximate surface area is 219 Å². The zero-order valence-corrected chi connectivity index (χ0v) is 21.6. The number of hydrogen-bond donors (Lipinski definition) is 1. The molecule has 3 heteroatoms. The first-order chi connectivity index (χ1) is 18.1. The van der Waals surface area contributed by atoms with Gasteiger partial charge >= 0.3 is 0 Å². The molecule has 0 saturated heterocycles. The highest BCUT2D eigenvalue weighted by Crippen LogP contribution is 2.35. The number of rotatable bonds is 9. The van der Waals surface area contributed by atoms with Crippen molar-refractivity contribution in [3.05, 3.63) is 143 Å². The molecule has 0 radical (unpaired) electrons. The normalized spacial score (nSPS) is 12.1. The summed E-state index contributed by atoms with van der Waals surface area (Å²) in [4.78, 5) is 13.4. The van der Waals surface area contributed by atoms with Crippen molar-refractivity contribution in [1.82, 2.24) is 9.88 Å². The number of amides is 1. The maximum Gasteiger partial charge on any atom is 0.220 e. The Morgan fingerprint density at radius 1 is 0.757 bits per heavy atom. The highest BCUT2D eigenvalue weighted by atomic mass is 16.1. The van der Waals surface area contributed by atoms with Crippen LogP contribution in [0, 0.1) is 6.92 Å². The second-order valence-electron chi connectivity index (χ2n) is 9.90. The van der Waals surface area contributed by atoms with Crippen LogP contribution in [0.3, 0.4) is 0 Å². The number of carbonyl (C=O) groups excluding carboxylic acids is 1. The average Bonchev–Trinajstić information content (AvgIpc) is 3.27. The lowest BCUT2D eigenvalue weighted by atomic mass is 9.87. The molecular weight excluding hydrogens is 452 g/mol. The van der Waals surface area contributed by atoms with E-state index in [4.69, 9.17) is 0 Å². The molecule has 0 aliphatic carbocycles. The molecule has 1 N–H and O–H groups in total. The van der Waals surface area contributed by atoms with Crippen molar-refractivity contribution in [2.24, 2.45) is 7.05 Å². The second-order valence-corrected chi connectivity index (χ2v) is 9.90. The fourth-order valence-corrected chi connectivity index (χ4v) is 5.45. The van der Waals surface area contributed by atoms with E-state index in [1.165, 1.54) is 38.7 Å². The minimum Gasteiger partial charge on any atom is -0.356 e. The van der Waals surface area contributed by atoms with Crippen molar-refractivity contribution < 1.29 is 4.79 Å². The number of fused-ring (bicyclic) bond motifs is 1. The van der Waals surface area contributed by atoms with Gasteiger partial charge in [0.05, 0.1) is 0 Å². The van der Waals surface area contributed by atoms with Gasteiger partial charge in [-0.2, -0.15) is 0 Å². The Hall–Kier alpha value is -4.11. The van der Waals surface area contributed by atoms with Gasteiger partial charge in [-0.15, -0.1) is 0 Å². The highest BCUT2D eigenvalue weighted by Gasteiger charge is 2.23. The first-order valence-electron chi connectivity index (χ1n) is 13.1. The van der Waals surface area contributed by atoms with Crippen molar-refractivity contribution in [3.8, 4) is 0 Å². The summed E-state index contributed by atoms with van der Waals surface area (Å²) in [5, 5.41) is 4.45. The van der Waals surface area contributed by atoms with E-state index in [2.05, 4.69) is 127 Å². The molecule has 3 nitrogen and oxygen atoms in total. The van der Waals surface area contributed by atoms with Gasteiger partial charge in [-0.3, -0.25) is 4.79 Å². The predicted octanol–water partition coefficient (Wildman–Crippen LogP) is 7.35. The minimum atomic E-state index is -0.00922. The maximum absolute atomic E-state index is 13.4. The molecule has 0 fully saturated rings. The Bertz CT molecular complexity index is 1430. The van der Waals surface area contributed by atoms with Crippen LogP contribution in [0.1, 0.15) is 52.5 Å². The summed E-state index contributed by atoms with van der Waals surface area (Å²) in [6.45, 7) is 2.74. The molecule has 0 aliphatic rings. The van der Waals surface area contributed by atoms with Gasteiger partial charge < -0.3 is 9.88 Å². The minimum absolute atomic E-state index is 0.00922. The van der Waals surface area contributed by atoms with Gasteiger partial charge in [0, 0.05) is 48.9 Å². The summed E-state index contributed by atoms with van der Waals surface area (Å²) in [6, 6.07) is 38.1. The smallest absolute Gasteiger partial charge is 0.220 e. The largest absolute Gasteiger partial charge is 0.356 e. The summed E-state index contributed by atoms with van der Waals surface area (Å²) in [5.74, 6) is 0.317. The van der Waals surface area contributed by atoms with Crippen LogP contribution in [-0.4, -0.2) is 17.0 Å². The number of carbonyl (C=O) groups is 1. The highest BCUT2D eigenvalue weighted by molar-refractivity contribution is 5.86. The summed E-state index contributed by atoms with van der Waals surface area (Å²) in [5.41, 5.74) is 7.32. The lowest BCUT2D eigenvalue weighted by molar-refractivity contribution is -0.121. The van der Waals surface area contributed by atoms with E-state index in [0.29, 0.717) is 13.0 Å². The third-order valence-electron chi connectivity index (χ3n) is 7.30.